The Bertz CT molecular complexity index is 3190. The van der Waals surface area contributed by atoms with Crippen LogP contribution in [0, 0.1) is 0 Å². The van der Waals surface area contributed by atoms with E-state index in [4.69, 9.17) is 19.4 Å². The first-order valence-corrected chi connectivity index (χ1v) is 22.5. The van der Waals surface area contributed by atoms with Crippen LogP contribution in [0.5, 0.6) is 0 Å². The Morgan fingerprint density at radius 2 is 0.719 bits per heavy atom. The van der Waals surface area contributed by atoms with Gasteiger partial charge in [-0.2, -0.15) is 0 Å². The lowest BCUT2D eigenvalue weighted by molar-refractivity contribution is 0.669. The van der Waals surface area contributed by atoms with Crippen molar-refractivity contribution in [2.45, 2.75) is 0 Å². The molecule has 0 aliphatic rings. The summed E-state index contributed by atoms with van der Waals surface area (Å²) < 4.78 is 6.76. The van der Waals surface area contributed by atoms with Crippen LogP contribution in [0.2, 0.25) is 0 Å². The van der Waals surface area contributed by atoms with E-state index in [1.165, 1.54) is 99.1 Å². The third kappa shape index (κ3) is 6.89. The van der Waals surface area contributed by atoms with Crippen molar-refractivity contribution in [3.63, 3.8) is 0 Å². The highest BCUT2D eigenvalue weighted by atomic mass is 16.3. The van der Waals surface area contributed by atoms with Crippen LogP contribution < -0.4 is 81.4 Å². The molecule has 0 radical (unpaired) electrons. The van der Waals surface area contributed by atoms with Gasteiger partial charge in [-0.05, 0) is 29.3 Å². The third-order valence-corrected chi connectivity index (χ3v) is 14.9. The quantitative estimate of drug-likeness (QED) is 0.150. The molecule has 19 heteroatoms. The molecule has 9 rings (SSSR count). The highest BCUT2D eigenvalue weighted by molar-refractivity contribution is 6.72. The molecule has 2 heterocycles. The standard InChI is InChI=1S/C45H44B14N4O/c46-26-24(27(47)35(55)40(34(26)54)63(41-36(56)30(50)28(48)31(51)37(41)57)42-38(58)32(52)29(49)33(53)39(42)59)19-15-21(25-20-13-7-8-14-22(20)64-23(25)16-19)45-61-43(17-9-3-1-4-10-17)60-44(62-45)18-11-5-2-6-12-18/h1-16H,46-59H2. The van der Waals surface area contributed by atoms with Crippen molar-refractivity contribution in [2.24, 2.45) is 0 Å². The Kier molecular flexibility index (Phi) is 11.2. The maximum atomic E-state index is 6.76. The molecule has 0 bridgehead atoms. The number of para-hydroxylation sites is 1. The van der Waals surface area contributed by atoms with E-state index in [0.717, 1.165) is 44.2 Å². The smallest absolute Gasteiger partial charge is 0.164 e. The summed E-state index contributed by atoms with van der Waals surface area (Å²) in [4.78, 5) is 18.2. The molecule has 0 amide bonds. The first kappa shape index (κ1) is 43.3. The van der Waals surface area contributed by atoms with E-state index < -0.39 is 0 Å². The molecular weight excluding hydrogens is 764 g/mol. The molecule has 0 saturated carbocycles. The zero-order chi connectivity index (χ0) is 45.5. The van der Waals surface area contributed by atoms with Gasteiger partial charge >= 0.3 is 0 Å². The van der Waals surface area contributed by atoms with Crippen molar-refractivity contribution in [1.29, 1.82) is 0 Å². The van der Waals surface area contributed by atoms with Gasteiger partial charge in [-0.15, -0.1) is 10.9 Å². The molecule has 0 N–H and O–H groups in total. The number of furan rings is 1. The first-order valence-electron chi connectivity index (χ1n) is 22.5. The van der Waals surface area contributed by atoms with Crippen molar-refractivity contribution in [3.05, 3.63) is 97.1 Å². The normalized spacial score (nSPS) is 11.4. The average Bonchev–Trinajstić information content (AvgIpc) is 3.69. The molecule has 0 aliphatic carbocycles. The lowest BCUT2D eigenvalue weighted by atomic mass is 9.59. The summed E-state index contributed by atoms with van der Waals surface area (Å²) >= 11 is 0. The van der Waals surface area contributed by atoms with Crippen LogP contribution in [0.1, 0.15) is 0 Å². The summed E-state index contributed by atoms with van der Waals surface area (Å²) in [6.07, 6.45) is 0. The van der Waals surface area contributed by atoms with Gasteiger partial charge in [-0.25, -0.2) is 15.0 Å². The lowest BCUT2D eigenvalue weighted by Gasteiger charge is -2.39. The summed E-state index contributed by atoms with van der Waals surface area (Å²) in [7, 11) is 32.1. The highest BCUT2D eigenvalue weighted by Gasteiger charge is 2.29. The number of rotatable bonds is 7. The van der Waals surface area contributed by atoms with Gasteiger partial charge in [0.25, 0.3) is 0 Å². The lowest BCUT2D eigenvalue weighted by Crippen LogP contribution is -2.60. The van der Waals surface area contributed by atoms with Gasteiger partial charge in [0.05, 0.1) is 0 Å². The molecule has 0 aliphatic heterocycles. The van der Waals surface area contributed by atoms with Crippen molar-refractivity contribution in [3.8, 4) is 45.3 Å². The molecule has 0 spiro atoms. The van der Waals surface area contributed by atoms with Gasteiger partial charge in [0.2, 0.25) is 0 Å². The largest absolute Gasteiger partial charge is 0.456 e. The van der Waals surface area contributed by atoms with Crippen molar-refractivity contribution in [1.82, 2.24) is 15.0 Å². The molecule has 0 saturated heterocycles. The molecule has 64 heavy (non-hydrogen) atoms. The Balaban J connectivity index is 1.35. The summed E-state index contributed by atoms with van der Waals surface area (Å²) in [5, 5.41) is 2.01. The second kappa shape index (κ2) is 16.6. The van der Waals surface area contributed by atoms with Crippen molar-refractivity contribution < 1.29 is 4.42 Å². The molecule has 7 aromatic carbocycles. The number of anilines is 3. The van der Waals surface area contributed by atoms with Crippen LogP contribution in [-0.2, 0) is 0 Å². The molecule has 5 nitrogen and oxygen atoms in total. The van der Waals surface area contributed by atoms with Gasteiger partial charge < -0.3 is 9.32 Å². The Morgan fingerprint density at radius 1 is 0.344 bits per heavy atom. The molecule has 0 unspecified atom stereocenters. The number of hydrogen-bond donors (Lipinski definition) is 0. The topological polar surface area (TPSA) is 55.1 Å². The molecule has 0 atom stereocenters. The van der Waals surface area contributed by atoms with E-state index in [2.05, 4.69) is 163 Å². The number of aromatic nitrogens is 3. The minimum absolute atomic E-state index is 0.602. The Morgan fingerprint density at radius 3 is 1.17 bits per heavy atom. The van der Waals surface area contributed by atoms with Gasteiger partial charge in [-0.1, -0.05) is 144 Å². The van der Waals surface area contributed by atoms with Crippen molar-refractivity contribution >= 4 is 225 Å². The van der Waals surface area contributed by atoms with E-state index in [0.29, 0.717) is 17.5 Å². The number of benzene rings is 7. The second-order valence-corrected chi connectivity index (χ2v) is 18.0. The number of nitrogens with zero attached hydrogens (tertiary/aromatic N) is 4. The van der Waals surface area contributed by atoms with Gasteiger partial charge in [0, 0.05) is 44.5 Å². The van der Waals surface area contributed by atoms with Gasteiger partial charge in [-0.3, -0.25) is 0 Å². The average molecular weight is 808 g/mol. The molecule has 292 valence electrons. The summed E-state index contributed by atoms with van der Waals surface area (Å²) in [5.74, 6) is 1.85. The van der Waals surface area contributed by atoms with Crippen molar-refractivity contribution in [2.75, 3.05) is 4.90 Å². The van der Waals surface area contributed by atoms with E-state index in [-0.39, 0.29) is 0 Å². The van der Waals surface area contributed by atoms with E-state index >= 15 is 0 Å². The second-order valence-electron chi connectivity index (χ2n) is 18.0. The van der Waals surface area contributed by atoms with Crippen LogP contribution >= 0.6 is 0 Å². The fraction of sp³-hybridized carbons (Fsp3) is 0. The minimum Gasteiger partial charge on any atom is -0.456 e. The Hall–Kier alpha value is -5.94. The predicted molar refractivity (Wildman–Crippen MR) is 318 cm³/mol. The highest BCUT2D eigenvalue weighted by Crippen LogP contribution is 2.39. The monoisotopic (exact) mass is 810 g/mol. The van der Waals surface area contributed by atoms with Crippen LogP contribution in [0.25, 0.3) is 67.2 Å². The number of hydrogen-bond acceptors (Lipinski definition) is 5. The molecular formula is C45H44B14N4O. The van der Waals surface area contributed by atoms with Crippen LogP contribution in [-0.4, -0.2) is 125 Å². The fourth-order valence-electron chi connectivity index (χ4n) is 10.1. The summed E-state index contributed by atoms with van der Waals surface area (Å²) in [6, 6.07) is 33.2. The Labute approximate surface area is 389 Å². The zero-order valence-electron chi connectivity index (χ0n) is 39.9. The predicted octanol–water partition coefficient (Wildman–Crippen LogP) is -12.5. The van der Waals surface area contributed by atoms with Crippen LogP contribution in [0.3, 0.4) is 0 Å². The SMILES string of the molecule is Bc1c(B)c(B)c(N(c2c(B)c(B)c(B)c(B)c2B)c2c(B)c(B)c(-c3cc(-c4nc(-c5ccccc5)nc(-c5ccccc5)n4)c4c(c3)oc3ccccc34)c(B)c2B)c(B)c1B. The number of fused-ring (bicyclic) bond motifs is 3. The molecule has 9 aromatic rings. The molecule has 2 aromatic heterocycles. The van der Waals surface area contributed by atoms with Crippen LogP contribution in [0.4, 0.5) is 17.1 Å². The van der Waals surface area contributed by atoms with Gasteiger partial charge in [0.15, 0.2) is 17.5 Å². The van der Waals surface area contributed by atoms with Crippen LogP contribution in [0.15, 0.2) is 101 Å². The maximum Gasteiger partial charge on any atom is 0.164 e. The van der Waals surface area contributed by atoms with Gasteiger partial charge in [0.1, 0.15) is 121 Å². The van der Waals surface area contributed by atoms with E-state index in [1.807, 2.05) is 48.5 Å². The summed E-state index contributed by atoms with van der Waals surface area (Å²) in [6.45, 7) is 0. The van der Waals surface area contributed by atoms with E-state index in [9.17, 15) is 0 Å². The first-order chi connectivity index (χ1) is 30.6. The molecule has 0 fully saturated rings. The minimum atomic E-state index is 0.602. The maximum absolute atomic E-state index is 6.76. The van der Waals surface area contributed by atoms with E-state index in [1.54, 1.807) is 0 Å². The zero-order valence-corrected chi connectivity index (χ0v) is 39.9. The third-order valence-electron chi connectivity index (χ3n) is 14.9. The fourth-order valence-corrected chi connectivity index (χ4v) is 10.1. The summed E-state index contributed by atoms with van der Waals surface area (Å²) in [5.41, 5.74) is 28.7.